The quantitative estimate of drug-likeness (QED) is 0.180. The van der Waals surface area contributed by atoms with Crippen LogP contribution in [0.4, 0.5) is 5.69 Å². The number of nitrogens with zero attached hydrogens (tertiary/aromatic N) is 2. The van der Waals surface area contributed by atoms with Crippen LogP contribution < -0.4 is 26.3 Å². The monoisotopic (exact) mass is 361 g/mol. The number of nitrogens with two attached hydrogens (primary N) is 3. The molecule has 0 amide bonds. The first-order chi connectivity index (χ1) is 9.74. The van der Waals surface area contributed by atoms with E-state index in [4.69, 9.17) is 27.0 Å². The first kappa shape index (κ1) is 17.1. The van der Waals surface area contributed by atoms with E-state index in [9.17, 15) is 11.9 Å². The van der Waals surface area contributed by atoms with Crippen molar-refractivity contribution in [2.45, 2.75) is 0 Å². The van der Waals surface area contributed by atoms with Gasteiger partial charge in [0, 0.05) is 0 Å². The Kier molecular flexibility index (Phi) is 5.79. The van der Waals surface area contributed by atoms with Crippen LogP contribution in [0.2, 0.25) is 0 Å². The van der Waals surface area contributed by atoms with Gasteiger partial charge in [-0.2, -0.15) is 0 Å². The average Bonchev–Trinajstić information content (AvgIpc) is 2.35. The van der Waals surface area contributed by atoms with Gasteiger partial charge in [0.1, 0.15) is 0 Å². The molecule has 116 valence electrons. The second-order valence-electron chi connectivity index (χ2n) is 3.77. The van der Waals surface area contributed by atoms with E-state index >= 15 is 0 Å². The molecule has 0 aliphatic rings. The molecule has 0 aromatic heterocycles. The van der Waals surface area contributed by atoms with Gasteiger partial charge in [0.25, 0.3) is 0 Å². The third-order valence-electron chi connectivity index (χ3n) is 2.11. The summed E-state index contributed by atoms with van der Waals surface area (Å²) in [5.74, 6) is -0.450. The Labute approximate surface area is 122 Å². The van der Waals surface area contributed by atoms with E-state index in [0.29, 0.717) is 0 Å². The Morgan fingerprint density at radius 3 is 2.48 bits per heavy atom. The van der Waals surface area contributed by atoms with E-state index < -0.39 is 14.2 Å². The van der Waals surface area contributed by atoms with Crippen LogP contribution in [0.15, 0.2) is 28.2 Å². The van der Waals surface area contributed by atoms with Crippen LogP contribution in [0.5, 0.6) is 5.75 Å². The van der Waals surface area contributed by atoms with Crippen LogP contribution in [-0.4, -0.2) is 52.6 Å². The summed E-state index contributed by atoms with van der Waals surface area (Å²) in [5.41, 5.74) is 15.8. The third-order valence-corrected chi connectivity index (χ3v) is 4.10. The van der Waals surface area contributed by atoms with Gasteiger partial charge in [-0.3, -0.25) is 0 Å². The summed E-state index contributed by atoms with van der Waals surface area (Å²) >= 11 is -5.10. The number of hydrogen-bond acceptors (Lipinski definition) is 4. The molecule has 0 heterocycles. The fourth-order valence-electron chi connectivity index (χ4n) is 1.33. The molecule has 11 heteroatoms. The van der Waals surface area contributed by atoms with Crippen molar-refractivity contribution in [3.8, 4) is 5.75 Å². The van der Waals surface area contributed by atoms with Crippen LogP contribution in [-0.2, 0) is 3.74 Å². The van der Waals surface area contributed by atoms with E-state index in [1.54, 1.807) is 0 Å². The van der Waals surface area contributed by atoms with Gasteiger partial charge < -0.3 is 0 Å². The topological polar surface area (TPSA) is 190 Å². The fraction of sp³-hybridized carbons (Fsp3) is 0.200. The number of aliphatic hydroxyl groups excluding tert-OH is 1. The number of guanidine groups is 2. The number of ether oxygens (including phenoxy) is 1. The number of benzene rings is 1. The molecule has 10 nitrogen and oxygen atoms in total. The van der Waals surface area contributed by atoms with Gasteiger partial charge in [-0.15, -0.1) is 0 Å². The zero-order valence-corrected chi connectivity index (χ0v) is 12.8. The van der Waals surface area contributed by atoms with Crippen molar-refractivity contribution in [2.24, 2.45) is 27.2 Å². The maximum atomic E-state index is 11.3. The number of aliphatic hydroxyl groups is 1. The Hall–Kier alpha value is -2.00. The molecule has 0 spiro atoms. The summed E-state index contributed by atoms with van der Waals surface area (Å²) in [5, 5.41) is 8.74. The summed E-state index contributed by atoms with van der Waals surface area (Å²) < 4.78 is 34.7. The van der Waals surface area contributed by atoms with E-state index in [-0.39, 0.29) is 40.9 Å². The van der Waals surface area contributed by atoms with Gasteiger partial charge in [-0.1, -0.05) is 0 Å². The number of rotatable bonds is 5. The SMILES string of the molecule is NC(N)=NC(N)=Nc1cc([As](=O)(O)O)ccc1OCCO. The van der Waals surface area contributed by atoms with Crippen LogP contribution in [0.3, 0.4) is 0 Å². The number of aliphatic imine (C=N–C) groups is 2. The molecule has 1 aromatic rings. The molecule has 0 saturated carbocycles. The third kappa shape index (κ3) is 5.48. The van der Waals surface area contributed by atoms with Crippen molar-refractivity contribution >= 4 is 36.1 Å². The zero-order chi connectivity index (χ0) is 16.0. The molecular formula is C10H16AsN5O5. The standard InChI is InChI=1S/C10H16AsN5O5/c12-9(13)16-10(14)15-7-5-6(11(18,19)20)1-2-8(7)21-4-3-17/h1-2,5,17H,3-4H2,(H2,18,19,20)(H6,12,13,14,15,16). The predicted octanol–water partition coefficient (Wildman–Crippen LogP) is -3.16. The Balaban J connectivity index is 3.29. The van der Waals surface area contributed by atoms with Crippen molar-refractivity contribution < 1.29 is 21.8 Å². The molecule has 21 heavy (non-hydrogen) atoms. The zero-order valence-electron chi connectivity index (χ0n) is 10.9. The van der Waals surface area contributed by atoms with Crippen LogP contribution in [0.25, 0.3) is 0 Å². The van der Waals surface area contributed by atoms with Crippen LogP contribution in [0, 0.1) is 0 Å². The molecule has 1 aromatic carbocycles. The van der Waals surface area contributed by atoms with Crippen molar-refractivity contribution in [1.82, 2.24) is 0 Å². The first-order valence-corrected chi connectivity index (χ1v) is 9.00. The van der Waals surface area contributed by atoms with E-state index in [0.717, 1.165) is 6.07 Å². The summed E-state index contributed by atoms with van der Waals surface area (Å²) in [4.78, 5) is 7.32. The summed E-state index contributed by atoms with van der Waals surface area (Å²) in [6.07, 6.45) is 0. The summed E-state index contributed by atoms with van der Waals surface area (Å²) in [7, 11) is 0. The molecule has 0 fully saturated rings. The predicted molar refractivity (Wildman–Crippen MR) is 76.6 cm³/mol. The van der Waals surface area contributed by atoms with Gasteiger partial charge in [-0.25, -0.2) is 0 Å². The minimum absolute atomic E-state index is 0.0228. The van der Waals surface area contributed by atoms with Gasteiger partial charge in [0.15, 0.2) is 0 Å². The normalized spacial score (nSPS) is 12.0. The van der Waals surface area contributed by atoms with Gasteiger partial charge in [-0.05, 0) is 0 Å². The van der Waals surface area contributed by atoms with Crippen LogP contribution >= 0.6 is 0 Å². The van der Waals surface area contributed by atoms with Crippen molar-refractivity contribution in [2.75, 3.05) is 13.2 Å². The Morgan fingerprint density at radius 2 is 1.95 bits per heavy atom. The molecule has 0 saturated heterocycles. The van der Waals surface area contributed by atoms with Gasteiger partial charge >= 0.3 is 122 Å². The van der Waals surface area contributed by atoms with Gasteiger partial charge in [0.2, 0.25) is 0 Å². The van der Waals surface area contributed by atoms with E-state index in [1.165, 1.54) is 12.1 Å². The second kappa shape index (κ2) is 7.13. The maximum absolute atomic E-state index is 11.3. The number of hydrogen-bond donors (Lipinski definition) is 6. The molecule has 9 N–H and O–H groups in total. The van der Waals surface area contributed by atoms with Gasteiger partial charge in [0.05, 0.1) is 0 Å². The molecular weight excluding hydrogens is 345 g/mol. The summed E-state index contributed by atoms with van der Waals surface area (Å²) in [6, 6.07) is 3.65. The fourth-order valence-corrected chi connectivity index (χ4v) is 2.51. The molecule has 0 aliphatic heterocycles. The second-order valence-corrected chi connectivity index (χ2v) is 7.14. The van der Waals surface area contributed by atoms with Crippen molar-refractivity contribution in [1.29, 1.82) is 0 Å². The molecule has 0 unspecified atom stereocenters. The first-order valence-electron chi connectivity index (χ1n) is 5.61. The van der Waals surface area contributed by atoms with Crippen molar-refractivity contribution in [3.05, 3.63) is 18.2 Å². The van der Waals surface area contributed by atoms with Crippen molar-refractivity contribution in [3.63, 3.8) is 0 Å². The summed E-state index contributed by atoms with van der Waals surface area (Å²) in [6.45, 7) is -0.262. The Bertz CT molecular complexity index is 608. The molecule has 0 atom stereocenters. The minimum atomic E-state index is -5.10. The van der Waals surface area contributed by atoms with E-state index in [2.05, 4.69) is 9.98 Å². The van der Waals surface area contributed by atoms with Crippen LogP contribution in [0.1, 0.15) is 0 Å². The molecule has 0 aliphatic carbocycles. The molecule has 0 bridgehead atoms. The van der Waals surface area contributed by atoms with E-state index in [1.807, 2.05) is 0 Å². The average molecular weight is 361 g/mol. The Morgan fingerprint density at radius 1 is 1.29 bits per heavy atom. The molecule has 0 radical (unpaired) electrons. The molecule has 1 rings (SSSR count).